The molecule has 0 saturated heterocycles. The third kappa shape index (κ3) is 3.94. The summed E-state index contributed by atoms with van der Waals surface area (Å²) in [6.45, 7) is -1.55. The van der Waals surface area contributed by atoms with Gasteiger partial charge in [0.1, 0.15) is 12.4 Å². The van der Waals surface area contributed by atoms with Gasteiger partial charge in [-0.2, -0.15) is 26.3 Å². The van der Waals surface area contributed by atoms with E-state index < -0.39 is 30.4 Å². The fourth-order valence-electron chi connectivity index (χ4n) is 1.84. The van der Waals surface area contributed by atoms with E-state index in [1.54, 1.807) is 0 Å². The first-order chi connectivity index (χ1) is 10.1. The van der Waals surface area contributed by atoms with Gasteiger partial charge in [0.05, 0.1) is 0 Å². The van der Waals surface area contributed by atoms with Gasteiger partial charge in [-0.25, -0.2) is 4.98 Å². The molecule has 9 heteroatoms. The Morgan fingerprint density at radius 2 is 1.59 bits per heavy atom. The Hall–Kier alpha value is -1.70. The summed E-state index contributed by atoms with van der Waals surface area (Å²) >= 11 is 5.59. The molecule has 22 heavy (non-hydrogen) atoms. The van der Waals surface area contributed by atoms with E-state index in [4.69, 9.17) is 11.6 Å². The molecule has 0 fully saturated rings. The molecule has 0 spiro atoms. The maximum Gasteiger partial charge on any atom is 0.434 e. The van der Waals surface area contributed by atoms with Crippen LogP contribution in [-0.2, 0) is 18.6 Å². The third-order valence-electron chi connectivity index (χ3n) is 2.78. The normalized spacial score (nSPS) is 12.7. The molecule has 1 heterocycles. The molecule has 0 N–H and O–H groups in total. The van der Waals surface area contributed by atoms with Gasteiger partial charge in [0.2, 0.25) is 0 Å². The standard InChI is InChI=1S/C13H9ClF6N2/c14-5-8-1-3-9(4-2-8)11-21-10(13(18,19)20)6-22(11)7-12(15,16)17/h1-4,6H,5,7H2. The van der Waals surface area contributed by atoms with E-state index in [9.17, 15) is 26.3 Å². The summed E-state index contributed by atoms with van der Waals surface area (Å²) in [4.78, 5) is 3.30. The van der Waals surface area contributed by atoms with Crippen LogP contribution in [0.25, 0.3) is 11.4 Å². The number of halogens is 7. The zero-order chi connectivity index (χ0) is 16.5. The smallest absolute Gasteiger partial charge is 0.321 e. The molecule has 0 aliphatic rings. The van der Waals surface area contributed by atoms with E-state index in [-0.39, 0.29) is 11.4 Å². The summed E-state index contributed by atoms with van der Waals surface area (Å²) in [5.41, 5.74) is -0.530. The summed E-state index contributed by atoms with van der Waals surface area (Å²) in [6, 6.07) is 5.80. The molecule has 0 bridgehead atoms. The van der Waals surface area contributed by atoms with Crippen molar-refractivity contribution in [2.45, 2.75) is 24.8 Å². The van der Waals surface area contributed by atoms with Crippen LogP contribution in [0.2, 0.25) is 0 Å². The summed E-state index contributed by atoms with van der Waals surface area (Å²) < 4.78 is 76.0. The fourth-order valence-corrected chi connectivity index (χ4v) is 2.02. The second kappa shape index (κ2) is 5.83. The van der Waals surface area contributed by atoms with Crippen molar-refractivity contribution in [2.75, 3.05) is 0 Å². The topological polar surface area (TPSA) is 17.8 Å². The number of hydrogen-bond donors (Lipinski definition) is 0. The van der Waals surface area contributed by atoms with Crippen molar-refractivity contribution in [1.29, 1.82) is 0 Å². The number of alkyl halides is 7. The number of benzene rings is 1. The number of rotatable bonds is 3. The Bertz CT molecular complexity index is 642. The van der Waals surface area contributed by atoms with Crippen molar-refractivity contribution >= 4 is 11.6 Å². The third-order valence-corrected chi connectivity index (χ3v) is 3.09. The number of hydrogen-bond acceptors (Lipinski definition) is 1. The van der Waals surface area contributed by atoms with Gasteiger partial charge >= 0.3 is 12.4 Å². The molecule has 0 atom stereocenters. The van der Waals surface area contributed by atoms with Crippen molar-refractivity contribution in [3.63, 3.8) is 0 Å². The second-order valence-electron chi connectivity index (χ2n) is 4.52. The first kappa shape index (κ1) is 16.7. The van der Waals surface area contributed by atoms with Crippen molar-refractivity contribution in [3.8, 4) is 11.4 Å². The van der Waals surface area contributed by atoms with Crippen molar-refractivity contribution in [1.82, 2.24) is 9.55 Å². The lowest BCUT2D eigenvalue weighted by Crippen LogP contribution is -2.18. The van der Waals surface area contributed by atoms with E-state index in [1.165, 1.54) is 24.3 Å². The van der Waals surface area contributed by atoms with Gasteiger partial charge in [0, 0.05) is 17.6 Å². The minimum absolute atomic E-state index is 0.147. The van der Waals surface area contributed by atoms with Crippen molar-refractivity contribution in [2.24, 2.45) is 0 Å². The van der Waals surface area contributed by atoms with Gasteiger partial charge in [0.15, 0.2) is 5.69 Å². The number of nitrogens with zero attached hydrogens (tertiary/aromatic N) is 2. The molecule has 0 aliphatic carbocycles. The lowest BCUT2D eigenvalue weighted by molar-refractivity contribution is -0.144. The predicted octanol–water partition coefficient (Wildman–Crippen LogP) is 4.87. The average Bonchev–Trinajstić information content (AvgIpc) is 2.80. The van der Waals surface area contributed by atoms with E-state index in [1.807, 2.05) is 0 Å². The summed E-state index contributed by atoms with van der Waals surface area (Å²) in [6.07, 6.45) is -9.12. The molecule has 2 nitrogen and oxygen atoms in total. The molecule has 0 aliphatic heterocycles. The van der Waals surface area contributed by atoms with Crippen LogP contribution in [0.5, 0.6) is 0 Å². The summed E-state index contributed by atoms with van der Waals surface area (Å²) in [7, 11) is 0. The van der Waals surface area contributed by atoms with Crippen LogP contribution >= 0.6 is 11.6 Å². The first-order valence-corrected chi connectivity index (χ1v) is 6.50. The van der Waals surface area contributed by atoms with Crippen molar-refractivity contribution in [3.05, 3.63) is 41.7 Å². The highest BCUT2D eigenvalue weighted by Crippen LogP contribution is 2.32. The van der Waals surface area contributed by atoms with Crippen LogP contribution in [0.3, 0.4) is 0 Å². The molecule has 0 amide bonds. The Balaban J connectivity index is 2.49. The largest absolute Gasteiger partial charge is 0.434 e. The van der Waals surface area contributed by atoms with E-state index in [0.29, 0.717) is 16.3 Å². The Kier molecular flexibility index (Phi) is 4.42. The van der Waals surface area contributed by atoms with E-state index in [0.717, 1.165) is 0 Å². The molecule has 0 radical (unpaired) electrons. The minimum Gasteiger partial charge on any atom is -0.321 e. The van der Waals surface area contributed by atoms with Gasteiger partial charge in [-0.15, -0.1) is 11.6 Å². The van der Waals surface area contributed by atoms with Crippen LogP contribution in [0.4, 0.5) is 26.3 Å². The predicted molar refractivity (Wildman–Crippen MR) is 68.3 cm³/mol. The van der Waals surface area contributed by atoms with Crippen LogP contribution in [-0.4, -0.2) is 15.7 Å². The van der Waals surface area contributed by atoms with E-state index in [2.05, 4.69) is 4.98 Å². The molecule has 0 unspecified atom stereocenters. The number of aromatic nitrogens is 2. The highest BCUT2D eigenvalue weighted by Gasteiger charge is 2.37. The van der Waals surface area contributed by atoms with Gasteiger partial charge in [0.25, 0.3) is 0 Å². The molecule has 0 saturated carbocycles. The van der Waals surface area contributed by atoms with Crippen molar-refractivity contribution < 1.29 is 26.3 Å². The summed E-state index contributed by atoms with van der Waals surface area (Å²) in [5.74, 6) is -0.212. The van der Waals surface area contributed by atoms with Gasteiger partial charge in [-0.05, 0) is 5.56 Å². The SMILES string of the molecule is FC(F)(F)Cn1cc(C(F)(F)F)nc1-c1ccc(CCl)cc1. The fraction of sp³-hybridized carbons (Fsp3) is 0.308. The lowest BCUT2D eigenvalue weighted by atomic mass is 10.1. The Morgan fingerprint density at radius 3 is 2.05 bits per heavy atom. The number of imidazole rings is 1. The van der Waals surface area contributed by atoms with Gasteiger partial charge < -0.3 is 4.57 Å². The Morgan fingerprint density at radius 1 is 1.00 bits per heavy atom. The lowest BCUT2D eigenvalue weighted by Gasteiger charge is -2.10. The molecular formula is C13H9ClF6N2. The highest BCUT2D eigenvalue weighted by molar-refractivity contribution is 6.17. The van der Waals surface area contributed by atoms with Crippen LogP contribution in [0, 0.1) is 0 Å². The zero-order valence-corrected chi connectivity index (χ0v) is 11.6. The van der Waals surface area contributed by atoms with Crippen LogP contribution < -0.4 is 0 Å². The molecule has 1 aromatic heterocycles. The highest BCUT2D eigenvalue weighted by atomic mass is 35.5. The average molecular weight is 343 g/mol. The zero-order valence-electron chi connectivity index (χ0n) is 10.8. The van der Waals surface area contributed by atoms with Crippen LogP contribution in [0.15, 0.2) is 30.5 Å². The van der Waals surface area contributed by atoms with E-state index >= 15 is 0 Å². The quantitative estimate of drug-likeness (QED) is 0.575. The molecule has 1 aromatic carbocycles. The van der Waals surface area contributed by atoms with Crippen LogP contribution in [0.1, 0.15) is 11.3 Å². The second-order valence-corrected chi connectivity index (χ2v) is 4.79. The van der Waals surface area contributed by atoms with Gasteiger partial charge in [-0.3, -0.25) is 0 Å². The Labute approximate surface area is 126 Å². The molecule has 120 valence electrons. The molecule has 2 rings (SSSR count). The minimum atomic E-state index is -4.82. The summed E-state index contributed by atoms with van der Waals surface area (Å²) in [5, 5.41) is 0. The maximum absolute atomic E-state index is 12.7. The maximum atomic E-state index is 12.7. The monoisotopic (exact) mass is 342 g/mol. The molecular weight excluding hydrogens is 334 g/mol. The molecule has 2 aromatic rings. The first-order valence-electron chi connectivity index (χ1n) is 5.96. The van der Waals surface area contributed by atoms with Gasteiger partial charge in [-0.1, -0.05) is 24.3 Å².